The molecule has 0 bridgehead atoms. The van der Waals surface area contributed by atoms with Gasteiger partial charge in [-0.15, -0.1) is 0 Å². The Bertz CT molecular complexity index is 931. The van der Waals surface area contributed by atoms with Gasteiger partial charge in [0.1, 0.15) is 5.69 Å². The number of nitrogens with one attached hydrogen (secondary N) is 1. The van der Waals surface area contributed by atoms with Crippen molar-refractivity contribution in [3.8, 4) is 11.3 Å². The van der Waals surface area contributed by atoms with Crippen LogP contribution in [0.3, 0.4) is 0 Å². The summed E-state index contributed by atoms with van der Waals surface area (Å²) in [7, 11) is 0. The number of rotatable bonds is 8. The van der Waals surface area contributed by atoms with Crippen LogP contribution in [0.15, 0.2) is 54.7 Å². The van der Waals surface area contributed by atoms with Gasteiger partial charge in [0.15, 0.2) is 0 Å². The zero-order chi connectivity index (χ0) is 19.9. The second-order valence-electron chi connectivity index (χ2n) is 7.13. The highest BCUT2D eigenvalue weighted by molar-refractivity contribution is 5.99. The lowest BCUT2D eigenvalue weighted by Gasteiger charge is -2.07. The summed E-state index contributed by atoms with van der Waals surface area (Å²) in [4.78, 5) is 12.8. The molecule has 5 heteroatoms. The van der Waals surface area contributed by atoms with E-state index >= 15 is 0 Å². The van der Waals surface area contributed by atoms with E-state index in [1.54, 1.807) is 0 Å². The standard InChI is InChI=1S/C23H28N4O/c1-17-10-11-20(14-18(17)2)22-21(23(28)25-13-7-6-12-24)16-27(26-22)15-19-8-4-3-5-9-19/h3-5,8-11,14,16H,6-7,12-13,15,24H2,1-2H3,(H,25,28). The van der Waals surface area contributed by atoms with Crippen molar-refractivity contribution in [1.82, 2.24) is 15.1 Å². The molecule has 3 aromatic rings. The van der Waals surface area contributed by atoms with Crippen molar-refractivity contribution in [2.45, 2.75) is 33.2 Å². The lowest BCUT2D eigenvalue weighted by Crippen LogP contribution is -2.25. The topological polar surface area (TPSA) is 72.9 Å². The van der Waals surface area contributed by atoms with Crippen molar-refractivity contribution < 1.29 is 4.79 Å². The van der Waals surface area contributed by atoms with Gasteiger partial charge in [-0.3, -0.25) is 9.48 Å². The number of amides is 1. The number of hydrogen-bond acceptors (Lipinski definition) is 3. The first-order valence-electron chi connectivity index (χ1n) is 9.75. The Balaban J connectivity index is 1.90. The van der Waals surface area contributed by atoms with Crippen LogP contribution < -0.4 is 11.1 Å². The van der Waals surface area contributed by atoms with Crippen molar-refractivity contribution in [1.29, 1.82) is 0 Å². The molecule has 0 radical (unpaired) electrons. The third kappa shape index (κ3) is 4.87. The van der Waals surface area contributed by atoms with Gasteiger partial charge in [0, 0.05) is 18.3 Å². The number of benzene rings is 2. The first-order valence-corrected chi connectivity index (χ1v) is 9.75. The second kappa shape index (κ2) is 9.33. The maximum Gasteiger partial charge on any atom is 0.255 e. The van der Waals surface area contributed by atoms with Gasteiger partial charge >= 0.3 is 0 Å². The maximum atomic E-state index is 12.8. The van der Waals surface area contributed by atoms with Gasteiger partial charge in [-0.2, -0.15) is 5.10 Å². The van der Waals surface area contributed by atoms with Crippen LogP contribution in [0.2, 0.25) is 0 Å². The Hall–Kier alpha value is -2.92. The summed E-state index contributed by atoms with van der Waals surface area (Å²) in [6.07, 6.45) is 3.62. The van der Waals surface area contributed by atoms with Crippen molar-refractivity contribution in [2.75, 3.05) is 13.1 Å². The summed E-state index contributed by atoms with van der Waals surface area (Å²) in [5.74, 6) is -0.0930. The van der Waals surface area contributed by atoms with E-state index in [-0.39, 0.29) is 5.91 Å². The van der Waals surface area contributed by atoms with E-state index in [0.29, 0.717) is 25.2 Å². The van der Waals surface area contributed by atoms with Crippen LogP contribution in [0.25, 0.3) is 11.3 Å². The van der Waals surface area contributed by atoms with Crippen molar-refractivity contribution in [2.24, 2.45) is 5.73 Å². The van der Waals surface area contributed by atoms with Gasteiger partial charge in [-0.25, -0.2) is 0 Å². The third-order valence-corrected chi connectivity index (χ3v) is 4.89. The lowest BCUT2D eigenvalue weighted by atomic mass is 10.0. The number of nitrogens with two attached hydrogens (primary N) is 1. The number of aryl methyl sites for hydroxylation is 2. The van der Waals surface area contributed by atoms with Crippen LogP contribution in [0.1, 0.15) is 39.9 Å². The Kier molecular flexibility index (Phi) is 6.61. The molecule has 3 rings (SSSR count). The molecule has 1 heterocycles. The van der Waals surface area contributed by atoms with Gasteiger partial charge in [0.05, 0.1) is 12.1 Å². The van der Waals surface area contributed by atoms with Crippen molar-refractivity contribution in [3.05, 3.63) is 77.0 Å². The number of carbonyl (C=O) groups is 1. The molecule has 146 valence electrons. The molecule has 0 saturated carbocycles. The van der Waals surface area contributed by atoms with Crippen LogP contribution >= 0.6 is 0 Å². The Labute approximate surface area is 166 Å². The molecule has 0 aliphatic carbocycles. The predicted octanol–water partition coefficient (Wildman–Crippen LogP) is 3.68. The summed E-state index contributed by atoms with van der Waals surface area (Å²) >= 11 is 0. The number of carbonyl (C=O) groups excluding carboxylic acids is 1. The molecular weight excluding hydrogens is 348 g/mol. The van der Waals surface area contributed by atoms with E-state index in [9.17, 15) is 4.79 Å². The van der Waals surface area contributed by atoms with Crippen LogP contribution in [-0.2, 0) is 6.54 Å². The van der Waals surface area contributed by atoms with E-state index in [2.05, 4.69) is 43.4 Å². The summed E-state index contributed by atoms with van der Waals surface area (Å²) in [6.45, 7) is 6.04. The normalized spacial score (nSPS) is 10.8. The maximum absolute atomic E-state index is 12.8. The second-order valence-corrected chi connectivity index (χ2v) is 7.13. The highest BCUT2D eigenvalue weighted by atomic mass is 16.1. The summed E-state index contributed by atoms with van der Waals surface area (Å²) in [5, 5.41) is 7.75. The van der Waals surface area contributed by atoms with Crippen LogP contribution in [0, 0.1) is 13.8 Å². The molecule has 0 unspecified atom stereocenters. The fourth-order valence-corrected chi connectivity index (χ4v) is 3.11. The molecule has 28 heavy (non-hydrogen) atoms. The zero-order valence-corrected chi connectivity index (χ0v) is 16.6. The molecular formula is C23H28N4O. The van der Waals surface area contributed by atoms with Gasteiger partial charge < -0.3 is 11.1 Å². The molecule has 0 saturated heterocycles. The Morgan fingerprint density at radius 3 is 2.57 bits per heavy atom. The number of nitrogens with zero attached hydrogens (tertiary/aromatic N) is 2. The highest BCUT2D eigenvalue weighted by Gasteiger charge is 2.18. The third-order valence-electron chi connectivity index (χ3n) is 4.89. The quantitative estimate of drug-likeness (QED) is 0.589. The van der Waals surface area contributed by atoms with E-state index in [4.69, 9.17) is 10.8 Å². The molecule has 1 aromatic heterocycles. The summed E-state index contributed by atoms with van der Waals surface area (Å²) in [5.41, 5.74) is 11.4. The van der Waals surface area contributed by atoms with Crippen LogP contribution in [0.5, 0.6) is 0 Å². The molecule has 0 spiro atoms. The monoisotopic (exact) mass is 376 g/mol. The molecule has 3 N–H and O–H groups in total. The zero-order valence-electron chi connectivity index (χ0n) is 16.6. The molecule has 0 fully saturated rings. The van der Waals surface area contributed by atoms with Crippen molar-refractivity contribution >= 4 is 5.91 Å². The van der Waals surface area contributed by atoms with E-state index in [1.165, 1.54) is 11.1 Å². The molecule has 1 amide bonds. The van der Waals surface area contributed by atoms with Crippen molar-refractivity contribution in [3.63, 3.8) is 0 Å². The van der Waals surface area contributed by atoms with Gasteiger partial charge in [-0.05, 0) is 56.0 Å². The molecule has 0 aliphatic rings. The smallest absolute Gasteiger partial charge is 0.255 e. The van der Waals surface area contributed by atoms with Gasteiger partial charge in [-0.1, -0.05) is 42.5 Å². The lowest BCUT2D eigenvalue weighted by molar-refractivity contribution is 0.0953. The van der Waals surface area contributed by atoms with Gasteiger partial charge in [0.25, 0.3) is 5.91 Å². The highest BCUT2D eigenvalue weighted by Crippen LogP contribution is 2.25. The largest absolute Gasteiger partial charge is 0.352 e. The number of hydrogen-bond donors (Lipinski definition) is 2. The van der Waals surface area contributed by atoms with E-state index < -0.39 is 0 Å². The Morgan fingerprint density at radius 2 is 1.86 bits per heavy atom. The SMILES string of the molecule is Cc1ccc(-c2nn(Cc3ccccc3)cc2C(=O)NCCCCN)cc1C. The Morgan fingerprint density at radius 1 is 1.07 bits per heavy atom. The summed E-state index contributed by atoms with van der Waals surface area (Å²) < 4.78 is 1.84. The molecule has 0 atom stereocenters. The molecule has 0 aliphatic heterocycles. The fourth-order valence-electron chi connectivity index (χ4n) is 3.11. The van der Waals surface area contributed by atoms with E-state index in [1.807, 2.05) is 35.1 Å². The summed E-state index contributed by atoms with van der Waals surface area (Å²) in [6, 6.07) is 16.3. The van der Waals surface area contributed by atoms with Gasteiger partial charge in [0.2, 0.25) is 0 Å². The average Bonchev–Trinajstić information content (AvgIpc) is 3.12. The minimum atomic E-state index is -0.0930. The minimum Gasteiger partial charge on any atom is -0.352 e. The first-order chi connectivity index (χ1) is 13.6. The minimum absolute atomic E-state index is 0.0930. The number of unbranched alkanes of at least 4 members (excludes halogenated alkanes) is 1. The predicted molar refractivity (Wildman–Crippen MR) is 113 cm³/mol. The van der Waals surface area contributed by atoms with Crippen LogP contribution in [0.4, 0.5) is 0 Å². The first kappa shape index (κ1) is 19.8. The molecule has 5 nitrogen and oxygen atoms in total. The average molecular weight is 377 g/mol. The van der Waals surface area contributed by atoms with Crippen LogP contribution in [-0.4, -0.2) is 28.8 Å². The van der Waals surface area contributed by atoms with E-state index in [0.717, 1.165) is 29.7 Å². The molecule has 2 aromatic carbocycles. The fraction of sp³-hybridized carbons (Fsp3) is 0.304. The number of aromatic nitrogens is 2.